The summed E-state index contributed by atoms with van der Waals surface area (Å²) in [6.07, 6.45) is 3.70. The van der Waals surface area contributed by atoms with Gasteiger partial charge in [-0.05, 0) is 6.42 Å². The number of nitrogens with zero attached hydrogens (tertiary/aromatic N) is 2. The average Bonchev–Trinajstić information content (AvgIpc) is 2.70. The number of carboxylic acid groups (broad SMARTS) is 1. The first kappa shape index (κ1) is 9.21. The molecule has 0 amide bonds. The number of hydrogen-bond acceptors (Lipinski definition) is 3. The molecule has 1 N–H and O–H groups in total. The molecule has 2 heterocycles. The molecule has 1 saturated heterocycles. The van der Waals surface area contributed by atoms with E-state index in [2.05, 4.69) is 5.10 Å². The molecule has 1 aliphatic rings. The molecule has 0 radical (unpaired) electrons. The van der Waals surface area contributed by atoms with Crippen molar-refractivity contribution in [3.05, 3.63) is 18.0 Å². The third-order valence-corrected chi connectivity index (χ3v) is 2.46. The van der Waals surface area contributed by atoms with Gasteiger partial charge in [-0.2, -0.15) is 5.10 Å². The van der Waals surface area contributed by atoms with Crippen LogP contribution in [0.15, 0.2) is 12.4 Å². The molecular weight excluding hydrogens is 184 g/mol. The van der Waals surface area contributed by atoms with Crippen LogP contribution in [0.3, 0.4) is 0 Å². The van der Waals surface area contributed by atoms with Crippen molar-refractivity contribution in [1.29, 1.82) is 0 Å². The van der Waals surface area contributed by atoms with Crippen molar-refractivity contribution in [3.8, 4) is 0 Å². The highest BCUT2D eigenvalue weighted by atomic mass is 16.5. The van der Waals surface area contributed by atoms with Gasteiger partial charge < -0.3 is 9.84 Å². The number of aliphatic carboxylic acids is 1. The number of carboxylic acids is 1. The lowest BCUT2D eigenvalue weighted by Gasteiger charge is -2.12. The molecule has 5 nitrogen and oxygen atoms in total. The van der Waals surface area contributed by atoms with E-state index in [0.29, 0.717) is 13.0 Å². The summed E-state index contributed by atoms with van der Waals surface area (Å²) in [6.45, 7) is 0.510. The molecule has 1 aromatic heterocycles. The van der Waals surface area contributed by atoms with Crippen molar-refractivity contribution in [3.63, 3.8) is 0 Å². The van der Waals surface area contributed by atoms with Gasteiger partial charge in [0.2, 0.25) is 0 Å². The first-order chi connectivity index (χ1) is 6.68. The number of ether oxygens (including phenoxy) is 1. The van der Waals surface area contributed by atoms with Crippen molar-refractivity contribution in [2.45, 2.75) is 12.5 Å². The van der Waals surface area contributed by atoms with E-state index < -0.39 is 11.9 Å². The van der Waals surface area contributed by atoms with Gasteiger partial charge in [0.15, 0.2) is 0 Å². The van der Waals surface area contributed by atoms with E-state index in [0.717, 1.165) is 5.56 Å². The summed E-state index contributed by atoms with van der Waals surface area (Å²) in [5.74, 6) is -1.23. The molecule has 1 aromatic rings. The highest BCUT2D eigenvalue weighted by molar-refractivity contribution is 5.71. The summed E-state index contributed by atoms with van der Waals surface area (Å²) in [5.41, 5.74) is 0.845. The number of hydrogen-bond donors (Lipinski definition) is 1. The Balaban J connectivity index is 2.21. The zero-order valence-corrected chi connectivity index (χ0v) is 7.88. The van der Waals surface area contributed by atoms with E-state index in [9.17, 15) is 4.79 Å². The fraction of sp³-hybridized carbons (Fsp3) is 0.556. The van der Waals surface area contributed by atoms with E-state index in [4.69, 9.17) is 9.84 Å². The van der Waals surface area contributed by atoms with E-state index in [-0.39, 0.29) is 6.10 Å². The lowest BCUT2D eigenvalue weighted by molar-refractivity contribution is -0.143. The normalized spacial score (nSPS) is 26.6. The quantitative estimate of drug-likeness (QED) is 0.751. The van der Waals surface area contributed by atoms with E-state index in [1.54, 1.807) is 24.1 Å². The van der Waals surface area contributed by atoms with Crippen LogP contribution in [0.4, 0.5) is 0 Å². The van der Waals surface area contributed by atoms with Gasteiger partial charge >= 0.3 is 5.97 Å². The van der Waals surface area contributed by atoms with Gasteiger partial charge in [-0.15, -0.1) is 0 Å². The Kier molecular flexibility index (Phi) is 2.25. The third-order valence-electron chi connectivity index (χ3n) is 2.46. The average molecular weight is 196 g/mol. The summed E-state index contributed by atoms with van der Waals surface area (Å²) in [4.78, 5) is 10.9. The number of aromatic nitrogens is 2. The van der Waals surface area contributed by atoms with Gasteiger partial charge in [0.1, 0.15) is 0 Å². The van der Waals surface area contributed by atoms with Crippen LogP contribution in [0.2, 0.25) is 0 Å². The molecule has 5 heteroatoms. The standard InChI is InChI=1S/C9H12N2O3/c1-11-5-6(4-10-11)8-7(9(12)13)2-3-14-8/h4-5,7-8H,2-3H2,1H3,(H,12,13)/t7-,8-/m1/s1. The molecule has 0 saturated carbocycles. The van der Waals surface area contributed by atoms with Crippen LogP contribution in [0, 0.1) is 5.92 Å². The molecule has 1 fully saturated rings. The van der Waals surface area contributed by atoms with Crippen molar-refractivity contribution in [2.24, 2.45) is 13.0 Å². The second kappa shape index (κ2) is 3.42. The van der Waals surface area contributed by atoms with Crippen molar-refractivity contribution in [2.75, 3.05) is 6.61 Å². The minimum atomic E-state index is -0.795. The summed E-state index contributed by atoms with van der Waals surface area (Å²) in [5, 5.41) is 12.9. The monoisotopic (exact) mass is 196 g/mol. The van der Waals surface area contributed by atoms with Crippen LogP contribution in [0.1, 0.15) is 18.1 Å². The summed E-state index contributed by atoms with van der Waals surface area (Å²) >= 11 is 0. The first-order valence-corrected chi connectivity index (χ1v) is 4.51. The van der Waals surface area contributed by atoms with Crippen LogP contribution in [0.25, 0.3) is 0 Å². The van der Waals surface area contributed by atoms with Crippen LogP contribution in [0.5, 0.6) is 0 Å². The Morgan fingerprint density at radius 1 is 1.79 bits per heavy atom. The van der Waals surface area contributed by atoms with Gasteiger partial charge in [0.25, 0.3) is 0 Å². The van der Waals surface area contributed by atoms with Gasteiger partial charge in [-0.1, -0.05) is 0 Å². The molecule has 2 atom stereocenters. The highest BCUT2D eigenvalue weighted by Gasteiger charge is 2.35. The highest BCUT2D eigenvalue weighted by Crippen LogP contribution is 2.34. The second-order valence-corrected chi connectivity index (χ2v) is 3.47. The lowest BCUT2D eigenvalue weighted by atomic mass is 9.98. The van der Waals surface area contributed by atoms with E-state index in [1.807, 2.05) is 0 Å². The summed E-state index contributed by atoms with van der Waals surface area (Å²) in [6, 6.07) is 0. The Hall–Kier alpha value is -1.36. The zero-order chi connectivity index (χ0) is 10.1. The zero-order valence-electron chi connectivity index (χ0n) is 7.88. The van der Waals surface area contributed by atoms with Crippen molar-refractivity contribution >= 4 is 5.97 Å². The van der Waals surface area contributed by atoms with Gasteiger partial charge in [0, 0.05) is 25.4 Å². The van der Waals surface area contributed by atoms with E-state index in [1.165, 1.54) is 0 Å². The number of rotatable bonds is 2. The maximum absolute atomic E-state index is 10.9. The van der Waals surface area contributed by atoms with Crippen LogP contribution in [-0.4, -0.2) is 27.5 Å². The molecule has 0 spiro atoms. The maximum Gasteiger partial charge on any atom is 0.309 e. The molecular formula is C9H12N2O3. The lowest BCUT2D eigenvalue weighted by Crippen LogP contribution is -2.17. The molecule has 2 rings (SSSR count). The van der Waals surface area contributed by atoms with Gasteiger partial charge in [0.05, 0.1) is 18.2 Å². The van der Waals surface area contributed by atoms with Crippen LogP contribution >= 0.6 is 0 Å². The molecule has 0 unspecified atom stereocenters. The predicted molar refractivity (Wildman–Crippen MR) is 47.6 cm³/mol. The predicted octanol–water partition coefficient (Wildman–Crippen LogP) is 0.582. The fourth-order valence-corrected chi connectivity index (χ4v) is 1.76. The van der Waals surface area contributed by atoms with E-state index >= 15 is 0 Å². The van der Waals surface area contributed by atoms with Crippen molar-refractivity contribution < 1.29 is 14.6 Å². The molecule has 0 aromatic carbocycles. The third kappa shape index (κ3) is 1.50. The summed E-state index contributed by atoms with van der Waals surface area (Å²) in [7, 11) is 1.80. The summed E-state index contributed by atoms with van der Waals surface area (Å²) < 4.78 is 7.04. The number of carbonyl (C=O) groups is 1. The van der Waals surface area contributed by atoms with Gasteiger partial charge in [-0.3, -0.25) is 9.48 Å². The molecule has 1 aliphatic heterocycles. The van der Waals surface area contributed by atoms with Crippen LogP contribution < -0.4 is 0 Å². The Morgan fingerprint density at radius 2 is 2.57 bits per heavy atom. The minimum absolute atomic E-state index is 0.332. The van der Waals surface area contributed by atoms with Crippen molar-refractivity contribution in [1.82, 2.24) is 9.78 Å². The molecule has 0 aliphatic carbocycles. The Morgan fingerprint density at radius 3 is 3.14 bits per heavy atom. The van der Waals surface area contributed by atoms with Crippen LogP contribution in [-0.2, 0) is 16.6 Å². The fourth-order valence-electron chi connectivity index (χ4n) is 1.76. The minimum Gasteiger partial charge on any atom is -0.481 e. The Bertz CT molecular complexity index is 348. The van der Waals surface area contributed by atoms with Gasteiger partial charge in [-0.25, -0.2) is 0 Å². The first-order valence-electron chi connectivity index (χ1n) is 4.51. The molecule has 76 valence electrons. The SMILES string of the molecule is Cn1cc([C@H]2OCC[C@H]2C(=O)O)cn1. The second-order valence-electron chi connectivity index (χ2n) is 3.47. The number of aryl methyl sites for hydroxylation is 1. The maximum atomic E-state index is 10.9. The topological polar surface area (TPSA) is 64.3 Å². The molecule has 14 heavy (non-hydrogen) atoms. The molecule has 0 bridgehead atoms. The largest absolute Gasteiger partial charge is 0.481 e. The Labute approximate surface area is 81.3 Å². The smallest absolute Gasteiger partial charge is 0.309 e.